The van der Waals surface area contributed by atoms with E-state index in [9.17, 15) is 17.2 Å². The minimum atomic E-state index is -4.00. The molecular formula is C12H9ClF2N2O2S2. The van der Waals surface area contributed by atoms with Crippen LogP contribution in [0.25, 0.3) is 0 Å². The van der Waals surface area contributed by atoms with Crippen molar-refractivity contribution >= 4 is 39.1 Å². The zero-order chi connectivity index (χ0) is 15.5. The molecule has 1 heterocycles. The lowest BCUT2D eigenvalue weighted by molar-refractivity contribution is 0.252. The molecule has 1 N–H and O–H groups in total. The molecule has 0 aliphatic rings. The lowest BCUT2D eigenvalue weighted by atomic mass is 10.3. The Hall–Kier alpha value is -1.38. The van der Waals surface area contributed by atoms with Crippen LogP contribution in [0.3, 0.4) is 0 Å². The van der Waals surface area contributed by atoms with Crippen molar-refractivity contribution in [2.24, 2.45) is 0 Å². The fraction of sp³-hybridized carbons (Fsp3) is 0.0833. The fourth-order valence-corrected chi connectivity index (χ4v) is 3.68. The molecule has 0 radical (unpaired) electrons. The van der Waals surface area contributed by atoms with E-state index in [0.29, 0.717) is 0 Å². The number of sulfonamides is 1. The van der Waals surface area contributed by atoms with Gasteiger partial charge in [-0.15, -0.1) is 0 Å². The van der Waals surface area contributed by atoms with E-state index in [1.54, 1.807) is 6.07 Å². The van der Waals surface area contributed by atoms with E-state index in [0.717, 1.165) is 6.20 Å². The molecule has 0 atom stereocenters. The number of nitrogens with one attached hydrogen (secondary N) is 1. The van der Waals surface area contributed by atoms with E-state index < -0.39 is 15.8 Å². The van der Waals surface area contributed by atoms with Gasteiger partial charge in [-0.05, 0) is 18.2 Å². The molecule has 0 unspecified atom stereocenters. The minimum absolute atomic E-state index is 0.00325. The van der Waals surface area contributed by atoms with Gasteiger partial charge in [0.2, 0.25) is 0 Å². The van der Waals surface area contributed by atoms with Crippen LogP contribution in [0.5, 0.6) is 0 Å². The Morgan fingerprint density at radius 2 is 1.95 bits per heavy atom. The zero-order valence-electron chi connectivity index (χ0n) is 10.3. The van der Waals surface area contributed by atoms with Crippen LogP contribution in [0.1, 0.15) is 0 Å². The summed E-state index contributed by atoms with van der Waals surface area (Å²) in [5, 5.41) is -0.00325. The lowest BCUT2D eigenvalue weighted by Crippen LogP contribution is -2.14. The van der Waals surface area contributed by atoms with Gasteiger partial charge in [-0.1, -0.05) is 35.5 Å². The third-order valence-corrected chi connectivity index (χ3v) is 4.99. The maximum atomic E-state index is 12.5. The Morgan fingerprint density at radius 3 is 2.62 bits per heavy atom. The van der Waals surface area contributed by atoms with Crippen LogP contribution in [0, 0.1) is 0 Å². The number of hydrogen-bond acceptors (Lipinski definition) is 4. The monoisotopic (exact) mass is 350 g/mol. The topological polar surface area (TPSA) is 59.1 Å². The van der Waals surface area contributed by atoms with Gasteiger partial charge in [0.25, 0.3) is 15.8 Å². The van der Waals surface area contributed by atoms with Gasteiger partial charge in [-0.3, -0.25) is 9.71 Å². The van der Waals surface area contributed by atoms with Crippen LogP contribution in [0.15, 0.2) is 52.5 Å². The van der Waals surface area contributed by atoms with E-state index in [1.165, 1.54) is 30.5 Å². The largest absolute Gasteiger partial charge is 0.288 e. The Labute approximate surface area is 129 Å². The first kappa shape index (κ1) is 16.0. The average molecular weight is 351 g/mol. The van der Waals surface area contributed by atoms with Crippen molar-refractivity contribution in [3.8, 4) is 0 Å². The van der Waals surface area contributed by atoms with Crippen LogP contribution in [0.4, 0.5) is 14.5 Å². The van der Waals surface area contributed by atoms with E-state index >= 15 is 0 Å². The Balaban J connectivity index is 2.36. The van der Waals surface area contributed by atoms with E-state index in [1.807, 2.05) is 0 Å². The summed E-state index contributed by atoms with van der Waals surface area (Å²) in [6, 6.07) is 7.21. The molecule has 2 aromatic rings. The van der Waals surface area contributed by atoms with Gasteiger partial charge in [0, 0.05) is 17.3 Å². The Kier molecular flexibility index (Phi) is 5.02. The van der Waals surface area contributed by atoms with Gasteiger partial charge in [0.05, 0.1) is 10.7 Å². The quantitative estimate of drug-likeness (QED) is 0.832. The Bertz CT molecular complexity index is 742. The molecule has 0 amide bonds. The third-order valence-electron chi connectivity index (χ3n) is 2.37. The lowest BCUT2D eigenvalue weighted by Gasteiger charge is -2.12. The fourth-order valence-electron chi connectivity index (χ4n) is 1.51. The van der Waals surface area contributed by atoms with Crippen LogP contribution in [-0.4, -0.2) is 19.2 Å². The summed E-state index contributed by atoms with van der Waals surface area (Å²) in [6.07, 6.45) is 2.44. The standard InChI is InChI=1S/C12H9ClF2N2O2S2/c13-8-5-6-16-7-11(8)21(18,19)17-9-3-1-2-4-10(9)20-12(14)15/h1-7,12,17H. The van der Waals surface area contributed by atoms with Gasteiger partial charge in [0.15, 0.2) is 0 Å². The number of alkyl halides is 2. The molecule has 112 valence electrons. The molecule has 0 saturated heterocycles. The second-order valence-corrected chi connectivity index (χ2v) is 6.88. The van der Waals surface area contributed by atoms with Crippen LogP contribution in [0.2, 0.25) is 5.02 Å². The summed E-state index contributed by atoms with van der Waals surface area (Å²) in [5.74, 6) is -2.65. The molecule has 0 aliphatic carbocycles. The number of thioether (sulfide) groups is 1. The predicted molar refractivity (Wildman–Crippen MR) is 78.4 cm³/mol. The van der Waals surface area contributed by atoms with E-state index in [4.69, 9.17) is 11.6 Å². The molecule has 1 aromatic carbocycles. The van der Waals surface area contributed by atoms with E-state index in [2.05, 4.69) is 9.71 Å². The van der Waals surface area contributed by atoms with Crippen molar-refractivity contribution < 1.29 is 17.2 Å². The number of benzene rings is 1. The number of anilines is 1. The number of nitrogens with zero attached hydrogens (tertiary/aromatic N) is 1. The summed E-state index contributed by atoms with van der Waals surface area (Å²) >= 11 is 6.07. The molecule has 4 nitrogen and oxygen atoms in total. The molecule has 2 rings (SSSR count). The first-order chi connectivity index (χ1) is 9.90. The molecule has 9 heteroatoms. The maximum absolute atomic E-state index is 12.5. The molecule has 21 heavy (non-hydrogen) atoms. The summed E-state index contributed by atoms with van der Waals surface area (Å²) in [6.45, 7) is 0. The predicted octanol–water partition coefficient (Wildman–Crippen LogP) is 3.85. The second-order valence-electron chi connectivity index (χ2n) is 3.79. The summed E-state index contributed by atoms with van der Waals surface area (Å²) in [5.41, 5.74) is 0.0581. The molecule has 1 aromatic heterocycles. The van der Waals surface area contributed by atoms with Crippen molar-refractivity contribution in [2.45, 2.75) is 15.5 Å². The first-order valence-corrected chi connectivity index (χ1v) is 8.30. The summed E-state index contributed by atoms with van der Waals surface area (Å²) < 4.78 is 51.6. The Morgan fingerprint density at radius 1 is 1.24 bits per heavy atom. The van der Waals surface area contributed by atoms with Gasteiger partial charge in [-0.25, -0.2) is 8.42 Å². The van der Waals surface area contributed by atoms with Crippen LogP contribution < -0.4 is 4.72 Å². The van der Waals surface area contributed by atoms with Crippen molar-refractivity contribution in [1.29, 1.82) is 0 Å². The van der Waals surface area contributed by atoms with Gasteiger partial charge < -0.3 is 0 Å². The van der Waals surface area contributed by atoms with Crippen LogP contribution >= 0.6 is 23.4 Å². The number of para-hydroxylation sites is 1. The average Bonchev–Trinajstić information content (AvgIpc) is 2.40. The molecule has 0 saturated carbocycles. The highest BCUT2D eigenvalue weighted by atomic mass is 35.5. The normalized spacial score (nSPS) is 11.6. The molecule has 0 aliphatic heterocycles. The van der Waals surface area contributed by atoms with Crippen molar-refractivity contribution in [3.05, 3.63) is 47.7 Å². The minimum Gasteiger partial charge on any atom is -0.278 e. The maximum Gasteiger partial charge on any atom is 0.288 e. The SMILES string of the molecule is O=S(=O)(Nc1ccccc1SC(F)F)c1cnccc1Cl. The molecular weight excluding hydrogens is 342 g/mol. The number of hydrogen-bond donors (Lipinski definition) is 1. The highest BCUT2D eigenvalue weighted by molar-refractivity contribution is 7.99. The number of pyridine rings is 1. The van der Waals surface area contributed by atoms with Crippen LogP contribution in [-0.2, 0) is 10.0 Å². The third kappa shape index (κ3) is 4.05. The highest BCUT2D eigenvalue weighted by Crippen LogP contribution is 2.33. The first-order valence-electron chi connectivity index (χ1n) is 5.56. The zero-order valence-corrected chi connectivity index (χ0v) is 12.7. The van der Waals surface area contributed by atoms with Gasteiger partial charge in [-0.2, -0.15) is 8.78 Å². The van der Waals surface area contributed by atoms with Gasteiger partial charge >= 0.3 is 0 Å². The molecule has 0 fully saturated rings. The van der Waals surface area contributed by atoms with Gasteiger partial charge in [0.1, 0.15) is 4.90 Å². The second kappa shape index (κ2) is 6.59. The smallest absolute Gasteiger partial charge is 0.278 e. The number of rotatable bonds is 5. The summed E-state index contributed by atoms with van der Waals surface area (Å²) in [4.78, 5) is 3.60. The highest BCUT2D eigenvalue weighted by Gasteiger charge is 2.20. The number of halogens is 3. The molecule has 0 bridgehead atoms. The molecule has 0 spiro atoms. The number of aromatic nitrogens is 1. The van der Waals surface area contributed by atoms with Crippen molar-refractivity contribution in [1.82, 2.24) is 4.98 Å². The van der Waals surface area contributed by atoms with Crippen molar-refractivity contribution in [3.63, 3.8) is 0 Å². The van der Waals surface area contributed by atoms with Crippen molar-refractivity contribution in [2.75, 3.05) is 4.72 Å². The van der Waals surface area contributed by atoms with E-state index in [-0.39, 0.29) is 32.3 Å². The summed E-state index contributed by atoms with van der Waals surface area (Å²) in [7, 11) is -4.00.